The maximum Gasteiger partial charge on any atom is 0.311 e. The monoisotopic (exact) mass is 412 g/mol. The van der Waals surface area contributed by atoms with Crippen LogP contribution in [0.5, 0.6) is 0 Å². The molecule has 9 heteroatoms. The number of aromatic nitrogens is 3. The Morgan fingerprint density at radius 1 is 1.31 bits per heavy atom. The van der Waals surface area contributed by atoms with Gasteiger partial charge in [-0.25, -0.2) is 4.98 Å². The number of nitrogens with zero attached hydrogens (tertiary/aromatic N) is 4. The minimum Gasteiger partial charge on any atom is -0.458 e. The van der Waals surface area contributed by atoms with Crippen LogP contribution in [0.4, 0.5) is 0 Å². The molecule has 0 N–H and O–H groups in total. The summed E-state index contributed by atoms with van der Waals surface area (Å²) < 4.78 is 6.58. The maximum absolute atomic E-state index is 12.5. The zero-order valence-corrected chi connectivity index (χ0v) is 16.9. The van der Waals surface area contributed by atoms with E-state index >= 15 is 0 Å². The van der Waals surface area contributed by atoms with Gasteiger partial charge in [0.2, 0.25) is 10.9 Å². The molecule has 150 valence electrons. The molecular formula is C20H20N4O4S. The highest BCUT2D eigenvalue weighted by molar-refractivity contribution is 7.16. The molecule has 0 unspecified atom stereocenters. The second-order valence-electron chi connectivity index (χ2n) is 7.07. The standard InChI is InChI=1S/C20H20N4O4S/c1-12-8-18(26)24-20(21-12)29-16(22-24)11-28-19(27)15-9-17(25)23(10-15)13(2)14-6-4-3-5-7-14/h3-8,13,15H,9-11H2,1-2H3/t13-,15+/m0/s1. The molecule has 2 atom stereocenters. The fourth-order valence-corrected chi connectivity index (χ4v) is 4.30. The van der Waals surface area contributed by atoms with E-state index in [9.17, 15) is 14.4 Å². The van der Waals surface area contributed by atoms with E-state index in [1.54, 1.807) is 11.8 Å². The Labute approximate surface area is 170 Å². The third kappa shape index (κ3) is 3.91. The van der Waals surface area contributed by atoms with Crippen molar-refractivity contribution in [2.75, 3.05) is 6.54 Å². The Hall–Kier alpha value is -3.07. The van der Waals surface area contributed by atoms with Crippen molar-refractivity contribution in [2.45, 2.75) is 32.9 Å². The average Bonchev–Trinajstić information content (AvgIpc) is 3.30. The van der Waals surface area contributed by atoms with Crippen molar-refractivity contribution in [3.63, 3.8) is 0 Å². The molecule has 29 heavy (non-hydrogen) atoms. The summed E-state index contributed by atoms with van der Waals surface area (Å²) in [5.74, 6) is -1.00. The number of esters is 1. The van der Waals surface area contributed by atoms with Gasteiger partial charge < -0.3 is 9.64 Å². The molecule has 0 spiro atoms. The fraction of sp³-hybridized carbons (Fsp3) is 0.350. The number of hydrogen-bond acceptors (Lipinski definition) is 7. The lowest BCUT2D eigenvalue weighted by Gasteiger charge is -2.25. The molecule has 2 aromatic heterocycles. The van der Waals surface area contributed by atoms with Gasteiger partial charge in [-0.05, 0) is 19.4 Å². The first-order valence-electron chi connectivity index (χ1n) is 9.30. The minimum absolute atomic E-state index is 0.0513. The Morgan fingerprint density at radius 2 is 2.07 bits per heavy atom. The van der Waals surface area contributed by atoms with Gasteiger partial charge in [-0.1, -0.05) is 41.7 Å². The molecule has 4 rings (SSSR count). The molecule has 0 radical (unpaired) electrons. The zero-order chi connectivity index (χ0) is 20.5. The summed E-state index contributed by atoms with van der Waals surface area (Å²) in [4.78, 5) is 43.3. The van der Waals surface area contributed by atoms with Crippen molar-refractivity contribution in [2.24, 2.45) is 5.92 Å². The van der Waals surface area contributed by atoms with E-state index in [1.807, 2.05) is 37.3 Å². The van der Waals surface area contributed by atoms with Gasteiger partial charge in [-0.15, -0.1) is 0 Å². The van der Waals surface area contributed by atoms with Crippen LogP contribution in [0.25, 0.3) is 4.96 Å². The van der Waals surface area contributed by atoms with Crippen molar-refractivity contribution < 1.29 is 14.3 Å². The number of carbonyl (C=O) groups is 2. The van der Waals surface area contributed by atoms with Gasteiger partial charge in [-0.3, -0.25) is 14.4 Å². The summed E-state index contributed by atoms with van der Waals surface area (Å²) in [6, 6.07) is 11.0. The molecule has 8 nitrogen and oxygen atoms in total. The van der Waals surface area contributed by atoms with E-state index < -0.39 is 11.9 Å². The average molecular weight is 412 g/mol. The van der Waals surface area contributed by atoms with E-state index in [1.165, 1.54) is 21.9 Å². The van der Waals surface area contributed by atoms with Crippen LogP contribution in [0.3, 0.4) is 0 Å². The van der Waals surface area contributed by atoms with Crippen LogP contribution in [0.1, 0.15) is 35.7 Å². The molecule has 1 fully saturated rings. The Bertz CT molecular complexity index is 1120. The predicted octanol–water partition coefficient (Wildman–Crippen LogP) is 2.11. The molecule has 3 aromatic rings. The van der Waals surface area contributed by atoms with E-state index in [0.29, 0.717) is 22.2 Å². The largest absolute Gasteiger partial charge is 0.458 e. The minimum atomic E-state index is -0.508. The van der Waals surface area contributed by atoms with Crippen molar-refractivity contribution in [3.05, 3.63) is 63.0 Å². The summed E-state index contributed by atoms with van der Waals surface area (Å²) in [5.41, 5.74) is 1.37. The highest BCUT2D eigenvalue weighted by Gasteiger charge is 2.38. The molecule has 1 amide bonds. The topological polar surface area (TPSA) is 93.9 Å². The van der Waals surface area contributed by atoms with Crippen molar-refractivity contribution in [3.8, 4) is 0 Å². The second kappa shape index (κ2) is 7.75. The van der Waals surface area contributed by atoms with Gasteiger partial charge in [0.1, 0.15) is 6.61 Å². The number of amides is 1. The van der Waals surface area contributed by atoms with Gasteiger partial charge in [0.05, 0.1) is 12.0 Å². The molecule has 1 saturated heterocycles. The van der Waals surface area contributed by atoms with Crippen LogP contribution in [-0.2, 0) is 20.9 Å². The summed E-state index contributed by atoms with van der Waals surface area (Å²) in [7, 11) is 0. The van der Waals surface area contributed by atoms with Crippen LogP contribution in [-0.4, -0.2) is 37.9 Å². The number of ether oxygens (including phenoxy) is 1. The first-order valence-corrected chi connectivity index (χ1v) is 10.1. The number of carbonyl (C=O) groups excluding carboxylic acids is 2. The Morgan fingerprint density at radius 3 is 2.83 bits per heavy atom. The summed E-state index contributed by atoms with van der Waals surface area (Å²) in [5, 5.41) is 4.63. The predicted molar refractivity (Wildman–Crippen MR) is 106 cm³/mol. The fourth-order valence-electron chi connectivity index (χ4n) is 3.44. The Kier molecular flexibility index (Phi) is 5.14. The first-order chi connectivity index (χ1) is 13.9. The van der Waals surface area contributed by atoms with Crippen LogP contribution in [0.2, 0.25) is 0 Å². The molecule has 1 aromatic carbocycles. The Balaban J connectivity index is 1.40. The third-order valence-electron chi connectivity index (χ3n) is 4.99. The van der Waals surface area contributed by atoms with E-state index in [0.717, 1.165) is 5.56 Å². The van der Waals surface area contributed by atoms with Crippen molar-refractivity contribution >= 4 is 28.2 Å². The van der Waals surface area contributed by atoms with Crippen LogP contribution >= 0.6 is 11.3 Å². The van der Waals surface area contributed by atoms with Crippen LogP contribution in [0.15, 0.2) is 41.2 Å². The first kappa shape index (κ1) is 19.3. The number of rotatable bonds is 5. The smallest absolute Gasteiger partial charge is 0.311 e. The molecule has 0 saturated carbocycles. The lowest BCUT2D eigenvalue weighted by molar-refractivity contribution is -0.149. The van der Waals surface area contributed by atoms with Gasteiger partial charge in [0.25, 0.3) is 5.56 Å². The summed E-state index contributed by atoms with van der Waals surface area (Å²) in [6.45, 7) is 3.97. The summed E-state index contributed by atoms with van der Waals surface area (Å²) >= 11 is 1.20. The molecule has 0 bridgehead atoms. The SMILES string of the molecule is Cc1cc(=O)n2nc(COC(=O)[C@@H]3CC(=O)N([C@@H](C)c4ccccc4)C3)sc2n1. The van der Waals surface area contributed by atoms with Gasteiger partial charge in [-0.2, -0.15) is 9.61 Å². The lowest BCUT2D eigenvalue weighted by Crippen LogP contribution is -2.29. The van der Waals surface area contributed by atoms with Crippen molar-refractivity contribution in [1.29, 1.82) is 0 Å². The highest BCUT2D eigenvalue weighted by Crippen LogP contribution is 2.29. The van der Waals surface area contributed by atoms with Crippen LogP contribution < -0.4 is 5.56 Å². The normalized spacial score (nSPS) is 17.7. The van der Waals surface area contributed by atoms with Gasteiger partial charge in [0.15, 0.2) is 5.01 Å². The number of likely N-dealkylation sites (tertiary alicyclic amines) is 1. The molecule has 1 aliphatic rings. The van der Waals surface area contributed by atoms with Gasteiger partial charge in [0, 0.05) is 24.7 Å². The van der Waals surface area contributed by atoms with E-state index in [4.69, 9.17) is 4.74 Å². The lowest BCUT2D eigenvalue weighted by atomic mass is 10.1. The molecule has 1 aliphatic heterocycles. The maximum atomic E-state index is 12.5. The van der Waals surface area contributed by atoms with Crippen LogP contribution in [0, 0.1) is 12.8 Å². The zero-order valence-electron chi connectivity index (χ0n) is 16.1. The highest BCUT2D eigenvalue weighted by atomic mass is 32.1. The number of benzene rings is 1. The van der Waals surface area contributed by atoms with Gasteiger partial charge >= 0.3 is 5.97 Å². The van der Waals surface area contributed by atoms with E-state index in [-0.39, 0.29) is 30.5 Å². The quantitative estimate of drug-likeness (QED) is 0.596. The number of fused-ring (bicyclic) bond motifs is 1. The number of aryl methyl sites for hydroxylation is 1. The van der Waals surface area contributed by atoms with Crippen molar-refractivity contribution in [1.82, 2.24) is 19.5 Å². The summed E-state index contributed by atoms with van der Waals surface area (Å²) in [6.07, 6.45) is 0.135. The molecule has 3 heterocycles. The van der Waals surface area contributed by atoms with E-state index in [2.05, 4.69) is 10.1 Å². The molecule has 0 aliphatic carbocycles. The second-order valence-corrected chi connectivity index (χ2v) is 8.11. The third-order valence-corrected chi connectivity index (χ3v) is 5.88. The molecular weight excluding hydrogens is 392 g/mol. The number of hydrogen-bond donors (Lipinski definition) is 0.